The van der Waals surface area contributed by atoms with Gasteiger partial charge in [0.2, 0.25) is 5.91 Å². The molecule has 228 valence electrons. The van der Waals surface area contributed by atoms with Gasteiger partial charge in [-0.1, -0.05) is 78.9 Å². The van der Waals surface area contributed by atoms with E-state index in [1.807, 2.05) is 109 Å². The van der Waals surface area contributed by atoms with Gasteiger partial charge < -0.3 is 14.4 Å². The topological polar surface area (TPSA) is 83.1 Å². The molecule has 0 spiro atoms. The molecule has 0 aliphatic carbocycles. The molecule has 8 nitrogen and oxygen atoms in total. The van der Waals surface area contributed by atoms with E-state index in [4.69, 9.17) is 9.47 Å². The summed E-state index contributed by atoms with van der Waals surface area (Å²) in [5.74, 6) is 0.881. The zero-order valence-electron chi connectivity index (χ0n) is 25.2. The Kier molecular flexibility index (Phi) is 11.0. The summed E-state index contributed by atoms with van der Waals surface area (Å²) < 4.78 is 11.0. The maximum atomic E-state index is 13.4. The van der Waals surface area contributed by atoms with Crippen molar-refractivity contribution in [2.45, 2.75) is 31.9 Å². The summed E-state index contributed by atoms with van der Waals surface area (Å²) in [6.07, 6.45) is 1.26. The molecule has 4 aromatic carbocycles. The van der Waals surface area contributed by atoms with Crippen molar-refractivity contribution in [3.05, 3.63) is 115 Å². The summed E-state index contributed by atoms with van der Waals surface area (Å²) in [5.41, 5.74) is 4.69. The number of likely N-dealkylation sites (tertiary alicyclic amines) is 1. The predicted octanol–water partition coefficient (Wildman–Crippen LogP) is 6.55. The van der Waals surface area contributed by atoms with Crippen molar-refractivity contribution in [3.8, 4) is 16.9 Å². The average molecular weight is 593 g/mol. The van der Waals surface area contributed by atoms with Crippen LogP contribution in [-0.2, 0) is 16.1 Å². The first-order valence-corrected chi connectivity index (χ1v) is 15.1. The molecule has 4 aromatic rings. The molecule has 1 fully saturated rings. The van der Waals surface area contributed by atoms with Crippen LogP contribution in [0.4, 0.5) is 16.2 Å². The van der Waals surface area contributed by atoms with Crippen molar-refractivity contribution < 1.29 is 19.1 Å². The van der Waals surface area contributed by atoms with Crippen LogP contribution in [0.3, 0.4) is 0 Å². The molecule has 2 N–H and O–H groups in total. The van der Waals surface area contributed by atoms with Gasteiger partial charge in [0, 0.05) is 43.9 Å². The van der Waals surface area contributed by atoms with Crippen molar-refractivity contribution in [2.75, 3.05) is 43.6 Å². The number of para-hydroxylation sites is 2. The Labute approximate surface area is 259 Å². The molecule has 0 unspecified atom stereocenters. The monoisotopic (exact) mass is 592 g/mol. The first-order chi connectivity index (χ1) is 21.6. The molecule has 44 heavy (non-hydrogen) atoms. The van der Waals surface area contributed by atoms with E-state index < -0.39 is 6.09 Å². The van der Waals surface area contributed by atoms with Crippen LogP contribution >= 0.6 is 0 Å². The maximum Gasteiger partial charge on any atom is 0.411 e. The van der Waals surface area contributed by atoms with Gasteiger partial charge in [0.05, 0.1) is 19.5 Å². The third-order valence-corrected chi connectivity index (χ3v) is 7.83. The molecule has 5 rings (SSSR count). The minimum Gasteiger partial charge on any atom is -0.497 e. The maximum absolute atomic E-state index is 13.4. The number of carbonyl (C=O) groups excluding carboxylic acids is 2. The van der Waals surface area contributed by atoms with E-state index in [0.717, 1.165) is 59.7 Å². The van der Waals surface area contributed by atoms with Gasteiger partial charge in [0.1, 0.15) is 11.9 Å². The van der Waals surface area contributed by atoms with E-state index in [2.05, 4.69) is 15.5 Å². The normalized spacial score (nSPS) is 13.7. The van der Waals surface area contributed by atoms with Crippen LogP contribution in [0.1, 0.15) is 24.8 Å². The summed E-state index contributed by atoms with van der Waals surface area (Å²) in [5, 5.41) is 6.34. The molecule has 0 saturated carbocycles. The number of amides is 2. The fourth-order valence-corrected chi connectivity index (χ4v) is 5.38. The number of nitrogens with zero attached hydrogens (tertiary/aromatic N) is 2. The van der Waals surface area contributed by atoms with Crippen molar-refractivity contribution >= 4 is 23.4 Å². The third kappa shape index (κ3) is 8.69. The quantitative estimate of drug-likeness (QED) is 0.182. The number of hydrogen-bond acceptors (Lipinski definition) is 6. The Morgan fingerprint density at radius 3 is 2.20 bits per heavy atom. The Hall–Kier alpha value is -4.66. The lowest BCUT2D eigenvalue weighted by molar-refractivity contribution is -0.119. The number of hydrogen-bond donors (Lipinski definition) is 2. The summed E-state index contributed by atoms with van der Waals surface area (Å²) in [7, 11) is 1.65. The fraction of sp³-hybridized carbons (Fsp3) is 0.278. The third-order valence-electron chi connectivity index (χ3n) is 7.83. The summed E-state index contributed by atoms with van der Waals surface area (Å²) in [6.45, 7) is 3.25. The zero-order valence-corrected chi connectivity index (χ0v) is 25.2. The van der Waals surface area contributed by atoms with E-state index in [-0.39, 0.29) is 12.0 Å². The van der Waals surface area contributed by atoms with Gasteiger partial charge in [-0.15, -0.1) is 0 Å². The highest BCUT2D eigenvalue weighted by Crippen LogP contribution is 2.28. The lowest BCUT2D eigenvalue weighted by atomic mass is 10.0. The van der Waals surface area contributed by atoms with Crippen molar-refractivity contribution in [1.29, 1.82) is 0 Å². The van der Waals surface area contributed by atoms with Crippen molar-refractivity contribution in [1.82, 2.24) is 10.2 Å². The Morgan fingerprint density at radius 1 is 0.841 bits per heavy atom. The van der Waals surface area contributed by atoms with Crippen molar-refractivity contribution in [3.63, 3.8) is 0 Å². The van der Waals surface area contributed by atoms with E-state index in [1.165, 1.54) is 0 Å². The van der Waals surface area contributed by atoms with E-state index in [1.54, 1.807) is 12.0 Å². The minimum atomic E-state index is -0.442. The number of ether oxygens (including phenoxy) is 2. The molecule has 1 aliphatic rings. The lowest BCUT2D eigenvalue weighted by Crippen LogP contribution is -2.42. The van der Waals surface area contributed by atoms with Crippen LogP contribution < -0.4 is 20.3 Å². The minimum absolute atomic E-state index is 0.0632. The van der Waals surface area contributed by atoms with Crippen LogP contribution in [0, 0.1) is 0 Å². The highest BCUT2D eigenvalue weighted by Gasteiger charge is 2.24. The Balaban J connectivity index is 1.07. The van der Waals surface area contributed by atoms with Gasteiger partial charge in [-0.25, -0.2) is 4.79 Å². The molecule has 1 heterocycles. The van der Waals surface area contributed by atoms with E-state index >= 15 is 0 Å². The smallest absolute Gasteiger partial charge is 0.411 e. The first-order valence-electron chi connectivity index (χ1n) is 15.1. The summed E-state index contributed by atoms with van der Waals surface area (Å²) in [4.78, 5) is 30.2. The second-order valence-corrected chi connectivity index (χ2v) is 10.8. The standard InChI is InChI=1S/C36H40N4O4/c1-43-31-18-16-28(17-19-31)26-37-27-40(30-12-6-3-7-13-30)35(41)22-25-39-23-20-32(21-24-39)44-36(42)38-34-15-9-8-14-33(34)29-10-4-2-5-11-29/h2-19,32,37H,20-27H2,1H3,(H,38,42). The van der Waals surface area contributed by atoms with Gasteiger partial charge in [-0.05, 0) is 54.3 Å². The Bertz CT molecular complexity index is 1470. The first kappa shape index (κ1) is 30.8. The predicted molar refractivity (Wildman–Crippen MR) is 175 cm³/mol. The summed E-state index contributed by atoms with van der Waals surface area (Å²) >= 11 is 0. The number of methoxy groups -OCH3 is 1. The molecule has 0 bridgehead atoms. The molecule has 2 amide bonds. The van der Waals surface area contributed by atoms with Gasteiger partial charge in [-0.2, -0.15) is 0 Å². The van der Waals surface area contributed by atoms with Crippen LogP contribution in [0.15, 0.2) is 109 Å². The van der Waals surface area contributed by atoms with Gasteiger partial charge in [0.25, 0.3) is 0 Å². The zero-order chi connectivity index (χ0) is 30.6. The highest BCUT2D eigenvalue weighted by atomic mass is 16.6. The highest BCUT2D eigenvalue weighted by molar-refractivity contribution is 5.93. The number of anilines is 2. The molecule has 1 saturated heterocycles. The number of carbonyl (C=O) groups is 2. The molecular weight excluding hydrogens is 552 g/mol. The average Bonchev–Trinajstić information content (AvgIpc) is 3.07. The number of benzene rings is 4. The van der Waals surface area contributed by atoms with Crippen LogP contribution in [0.2, 0.25) is 0 Å². The van der Waals surface area contributed by atoms with Crippen LogP contribution in [-0.4, -0.2) is 56.4 Å². The second kappa shape index (κ2) is 15.7. The number of nitrogens with one attached hydrogen (secondary N) is 2. The van der Waals surface area contributed by atoms with Crippen LogP contribution in [0.5, 0.6) is 5.75 Å². The molecular formula is C36H40N4O4. The number of piperidine rings is 1. The molecule has 0 radical (unpaired) electrons. The molecule has 0 atom stereocenters. The number of rotatable bonds is 12. The SMILES string of the molecule is COc1ccc(CNCN(C(=O)CCN2CCC(OC(=O)Nc3ccccc3-c3ccccc3)CC2)c2ccccc2)cc1. The van der Waals surface area contributed by atoms with Gasteiger partial charge in [-0.3, -0.25) is 20.3 Å². The van der Waals surface area contributed by atoms with E-state index in [0.29, 0.717) is 26.2 Å². The van der Waals surface area contributed by atoms with Crippen LogP contribution in [0.25, 0.3) is 11.1 Å². The summed E-state index contributed by atoms with van der Waals surface area (Å²) in [6, 6.07) is 35.3. The lowest BCUT2D eigenvalue weighted by Gasteiger charge is -2.32. The van der Waals surface area contributed by atoms with Crippen molar-refractivity contribution in [2.24, 2.45) is 0 Å². The molecule has 1 aliphatic heterocycles. The molecule has 0 aromatic heterocycles. The van der Waals surface area contributed by atoms with E-state index in [9.17, 15) is 9.59 Å². The Morgan fingerprint density at radius 2 is 1.50 bits per heavy atom. The van der Waals surface area contributed by atoms with Gasteiger partial charge in [0.15, 0.2) is 0 Å². The molecule has 8 heteroatoms. The second-order valence-electron chi connectivity index (χ2n) is 10.8. The fourth-order valence-electron chi connectivity index (χ4n) is 5.38. The van der Waals surface area contributed by atoms with Gasteiger partial charge >= 0.3 is 6.09 Å². The largest absolute Gasteiger partial charge is 0.497 e.